The molecule has 2 saturated carbocycles. The average Bonchev–Trinajstić information content (AvgIpc) is 3.34. The molecule has 0 radical (unpaired) electrons. The molecule has 2 aliphatic carbocycles. The molecule has 23 heavy (non-hydrogen) atoms. The van der Waals surface area contributed by atoms with Crippen LogP contribution in [0, 0.1) is 0 Å². The van der Waals surface area contributed by atoms with Crippen LogP contribution in [0.3, 0.4) is 0 Å². The van der Waals surface area contributed by atoms with Gasteiger partial charge in [-0.3, -0.25) is 4.79 Å². The average molecular weight is 315 g/mol. The van der Waals surface area contributed by atoms with E-state index in [-0.39, 0.29) is 30.6 Å². The molecule has 5 heteroatoms. The predicted molar refractivity (Wildman–Crippen MR) is 89.1 cm³/mol. The van der Waals surface area contributed by atoms with Crippen LogP contribution in [0.1, 0.15) is 50.0 Å². The van der Waals surface area contributed by atoms with Gasteiger partial charge in [0.25, 0.3) is 0 Å². The number of carbonyl (C=O) groups excluding carboxylic acids is 2. The second-order valence-corrected chi connectivity index (χ2v) is 6.59. The minimum absolute atomic E-state index is 0.0467. The molecular formula is C18H25N3O2. The van der Waals surface area contributed by atoms with E-state index in [1.54, 1.807) is 0 Å². The maximum atomic E-state index is 11.9. The van der Waals surface area contributed by atoms with Gasteiger partial charge in [0.1, 0.15) is 0 Å². The number of hydrogen-bond donors (Lipinski definition) is 3. The van der Waals surface area contributed by atoms with Crippen molar-refractivity contribution >= 4 is 11.9 Å². The van der Waals surface area contributed by atoms with E-state index in [1.165, 1.54) is 24.8 Å². The minimum Gasteiger partial charge on any atom is -0.352 e. The molecule has 124 valence electrons. The van der Waals surface area contributed by atoms with Crippen molar-refractivity contribution < 1.29 is 9.59 Å². The number of benzene rings is 1. The first-order chi connectivity index (χ1) is 11.2. The Labute approximate surface area is 137 Å². The van der Waals surface area contributed by atoms with Crippen molar-refractivity contribution in [2.24, 2.45) is 0 Å². The molecule has 1 aromatic rings. The number of rotatable bonds is 5. The molecule has 0 aromatic heterocycles. The van der Waals surface area contributed by atoms with Crippen molar-refractivity contribution in [2.45, 2.75) is 56.5 Å². The quantitative estimate of drug-likeness (QED) is 0.780. The van der Waals surface area contributed by atoms with Crippen LogP contribution in [-0.2, 0) is 4.79 Å². The highest BCUT2D eigenvalue weighted by atomic mass is 16.2. The zero-order valence-electron chi connectivity index (χ0n) is 13.4. The molecule has 0 spiro atoms. The summed E-state index contributed by atoms with van der Waals surface area (Å²) in [5.74, 6) is 0.306. The van der Waals surface area contributed by atoms with Crippen LogP contribution in [0.5, 0.6) is 0 Å². The van der Waals surface area contributed by atoms with Crippen LogP contribution < -0.4 is 16.0 Å². The van der Waals surface area contributed by atoms with Crippen LogP contribution in [0.2, 0.25) is 0 Å². The lowest BCUT2D eigenvalue weighted by molar-refractivity contribution is -0.121. The topological polar surface area (TPSA) is 70.2 Å². The van der Waals surface area contributed by atoms with Crippen LogP contribution in [-0.4, -0.2) is 30.6 Å². The van der Waals surface area contributed by atoms with Crippen LogP contribution in [0.15, 0.2) is 30.3 Å². The zero-order chi connectivity index (χ0) is 16.1. The van der Waals surface area contributed by atoms with Crippen LogP contribution >= 0.6 is 0 Å². The Hall–Kier alpha value is -2.04. The zero-order valence-corrected chi connectivity index (χ0v) is 13.4. The third-order valence-electron chi connectivity index (χ3n) is 4.71. The summed E-state index contributed by atoms with van der Waals surface area (Å²) in [6.07, 6.45) is 6.70. The predicted octanol–water partition coefficient (Wildman–Crippen LogP) is 2.29. The van der Waals surface area contributed by atoms with Gasteiger partial charge in [-0.2, -0.15) is 0 Å². The largest absolute Gasteiger partial charge is 0.352 e. The van der Waals surface area contributed by atoms with Crippen molar-refractivity contribution in [3.8, 4) is 0 Å². The van der Waals surface area contributed by atoms with Gasteiger partial charge in [0.15, 0.2) is 0 Å². The van der Waals surface area contributed by atoms with Crippen LogP contribution in [0.4, 0.5) is 4.79 Å². The Morgan fingerprint density at radius 2 is 1.74 bits per heavy atom. The summed E-state index contributed by atoms with van der Waals surface area (Å²) in [5.41, 5.74) is 1.26. The number of urea groups is 1. The first-order valence-electron chi connectivity index (χ1n) is 8.61. The van der Waals surface area contributed by atoms with Gasteiger partial charge in [-0.25, -0.2) is 4.79 Å². The number of nitrogens with one attached hydrogen (secondary N) is 3. The molecule has 5 nitrogen and oxygen atoms in total. The molecular weight excluding hydrogens is 290 g/mol. The fourth-order valence-electron chi connectivity index (χ4n) is 3.33. The highest BCUT2D eigenvalue weighted by Crippen LogP contribution is 2.40. The second kappa shape index (κ2) is 7.49. The van der Waals surface area contributed by atoms with Gasteiger partial charge in [0, 0.05) is 18.0 Å². The first kappa shape index (κ1) is 15.8. The molecule has 0 unspecified atom stereocenters. The van der Waals surface area contributed by atoms with Crippen LogP contribution in [0.25, 0.3) is 0 Å². The van der Waals surface area contributed by atoms with Gasteiger partial charge >= 0.3 is 6.03 Å². The Kier molecular flexibility index (Phi) is 5.16. The number of amides is 3. The van der Waals surface area contributed by atoms with E-state index in [0.29, 0.717) is 5.92 Å². The standard InChI is InChI=1S/C18H25N3O2/c22-17(20-14-9-5-2-6-10-14)12-19-18(23)21-16-11-15(16)13-7-3-1-4-8-13/h1,3-4,7-8,14-16H,2,5-6,9-12H2,(H,20,22)(H2,19,21,23)/t15-,16+/m0/s1. The SMILES string of the molecule is O=C(CNC(=O)N[C@@H]1C[C@H]1c1ccccc1)NC1CCCCC1. The molecule has 3 N–H and O–H groups in total. The smallest absolute Gasteiger partial charge is 0.315 e. The lowest BCUT2D eigenvalue weighted by Gasteiger charge is -2.22. The number of carbonyl (C=O) groups is 2. The van der Waals surface area contributed by atoms with Crippen molar-refractivity contribution in [2.75, 3.05) is 6.54 Å². The van der Waals surface area contributed by atoms with Gasteiger partial charge in [0.05, 0.1) is 6.54 Å². The van der Waals surface area contributed by atoms with Crippen molar-refractivity contribution in [1.82, 2.24) is 16.0 Å². The summed E-state index contributed by atoms with van der Waals surface area (Å²) in [7, 11) is 0. The second-order valence-electron chi connectivity index (χ2n) is 6.59. The van der Waals surface area contributed by atoms with E-state index >= 15 is 0 Å². The minimum atomic E-state index is -0.257. The lowest BCUT2D eigenvalue weighted by atomic mass is 9.95. The van der Waals surface area contributed by atoms with E-state index in [0.717, 1.165) is 19.3 Å². The molecule has 3 rings (SSSR count). The molecule has 0 saturated heterocycles. The van der Waals surface area contributed by atoms with E-state index in [1.807, 2.05) is 18.2 Å². The Morgan fingerprint density at radius 1 is 1.00 bits per heavy atom. The summed E-state index contributed by atoms with van der Waals surface area (Å²) >= 11 is 0. The molecule has 0 heterocycles. The first-order valence-corrected chi connectivity index (χ1v) is 8.61. The monoisotopic (exact) mass is 315 g/mol. The Balaban J connectivity index is 1.33. The van der Waals surface area contributed by atoms with E-state index in [2.05, 4.69) is 28.1 Å². The molecule has 1 aromatic carbocycles. The van der Waals surface area contributed by atoms with Crippen molar-refractivity contribution in [1.29, 1.82) is 0 Å². The maximum absolute atomic E-state index is 11.9. The van der Waals surface area contributed by atoms with Gasteiger partial charge < -0.3 is 16.0 Å². The van der Waals surface area contributed by atoms with Gasteiger partial charge in [-0.05, 0) is 24.8 Å². The summed E-state index contributed by atoms with van der Waals surface area (Å²) < 4.78 is 0. The molecule has 2 fully saturated rings. The highest BCUT2D eigenvalue weighted by Gasteiger charge is 2.39. The van der Waals surface area contributed by atoms with Gasteiger partial charge in [-0.1, -0.05) is 49.6 Å². The molecule has 2 atom stereocenters. The summed E-state index contributed by atoms with van der Waals surface area (Å²) in [6.45, 7) is 0.0467. The third kappa shape index (κ3) is 4.71. The molecule has 0 bridgehead atoms. The van der Waals surface area contributed by atoms with E-state index < -0.39 is 0 Å². The molecule has 2 aliphatic rings. The van der Waals surface area contributed by atoms with E-state index in [4.69, 9.17) is 0 Å². The van der Waals surface area contributed by atoms with Crippen molar-refractivity contribution in [3.63, 3.8) is 0 Å². The fourth-order valence-corrected chi connectivity index (χ4v) is 3.33. The maximum Gasteiger partial charge on any atom is 0.315 e. The molecule has 3 amide bonds. The van der Waals surface area contributed by atoms with Crippen molar-refractivity contribution in [3.05, 3.63) is 35.9 Å². The fraction of sp³-hybridized carbons (Fsp3) is 0.556. The highest BCUT2D eigenvalue weighted by molar-refractivity contribution is 5.84. The lowest BCUT2D eigenvalue weighted by Crippen LogP contribution is -2.45. The normalized spacial score (nSPS) is 23.8. The van der Waals surface area contributed by atoms with Gasteiger partial charge in [0.2, 0.25) is 5.91 Å². The Bertz CT molecular complexity index is 540. The van der Waals surface area contributed by atoms with Gasteiger partial charge in [-0.15, -0.1) is 0 Å². The Morgan fingerprint density at radius 3 is 2.48 bits per heavy atom. The summed E-state index contributed by atoms with van der Waals surface area (Å²) in [4.78, 5) is 23.7. The third-order valence-corrected chi connectivity index (χ3v) is 4.71. The summed E-state index contributed by atoms with van der Waals surface area (Å²) in [6, 6.07) is 10.4. The van der Waals surface area contributed by atoms with E-state index in [9.17, 15) is 9.59 Å². The molecule has 0 aliphatic heterocycles. The summed E-state index contributed by atoms with van der Waals surface area (Å²) in [5, 5.41) is 8.58. The number of hydrogen-bond acceptors (Lipinski definition) is 2.